The van der Waals surface area contributed by atoms with Crippen molar-refractivity contribution >= 4 is 17.9 Å². The summed E-state index contributed by atoms with van der Waals surface area (Å²) in [5, 5.41) is 11.1. The molecule has 8 heteroatoms. The topological polar surface area (TPSA) is 83.4 Å². The first-order chi connectivity index (χ1) is 12.0. The van der Waals surface area contributed by atoms with Gasteiger partial charge in [-0.1, -0.05) is 36.8 Å². The lowest BCUT2D eigenvalue weighted by Crippen LogP contribution is -2.61. The Hall–Kier alpha value is -2.90. The normalized spacial score (nSPS) is 22.0. The molecule has 0 radical (unpaired) electrons. The van der Waals surface area contributed by atoms with E-state index in [1.807, 2.05) is 47.6 Å². The van der Waals surface area contributed by atoms with E-state index in [9.17, 15) is 9.59 Å². The number of imide groups is 1. The highest BCUT2D eigenvalue weighted by Gasteiger charge is 2.52. The predicted octanol–water partition coefficient (Wildman–Crippen LogP) is 1.53. The maximum Gasteiger partial charge on any atom is 0.325 e. The van der Waals surface area contributed by atoms with Gasteiger partial charge in [-0.05, 0) is 13.3 Å². The van der Waals surface area contributed by atoms with Gasteiger partial charge < -0.3 is 9.80 Å². The van der Waals surface area contributed by atoms with E-state index in [0.717, 1.165) is 17.5 Å². The Morgan fingerprint density at radius 1 is 1.16 bits per heavy atom. The van der Waals surface area contributed by atoms with Crippen LogP contribution in [-0.4, -0.2) is 51.2 Å². The Balaban J connectivity index is 1.87. The summed E-state index contributed by atoms with van der Waals surface area (Å²) in [4.78, 5) is 28.2. The van der Waals surface area contributed by atoms with Gasteiger partial charge >= 0.3 is 6.03 Å². The number of likely N-dealkylation sites (N-methyl/N-ethyl adjacent to an activating group) is 1. The van der Waals surface area contributed by atoms with Crippen molar-refractivity contribution in [2.24, 2.45) is 0 Å². The van der Waals surface area contributed by atoms with Crippen LogP contribution in [0.5, 0.6) is 0 Å². The number of hydrogen-bond donors (Lipinski definition) is 1. The third-order valence-electron chi connectivity index (χ3n) is 4.81. The van der Waals surface area contributed by atoms with Crippen molar-refractivity contribution < 1.29 is 9.59 Å². The molecule has 2 atom stereocenters. The Kier molecular flexibility index (Phi) is 3.48. The number of aromatic nitrogens is 3. The number of anilines is 1. The lowest BCUT2D eigenvalue weighted by molar-refractivity contribution is -0.124. The zero-order valence-electron chi connectivity index (χ0n) is 14.4. The van der Waals surface area contributed by atoms with Crippen LogP contribution in [0.2, 0.25) is 0 Å². The molecule has 1 saturated heterocycles. The van der Waals surface area contributed by atoms with Crippen LogP contribution < -0.4 is 10.2 Å². The molecule has 2 aliphatic heterocycles. The number of carbonyl (C=O) groups is 2. The molecule has 4 rings (SSSR count). The number of nitrogens with zero attached hydrogens (tertiary/aromatic N) is 5. The van der Waals surface area contributed by atoms with E-state index in [1.54, 1.807) is 11.9 Å². The quantitative estimate of drug-likeness (QED) is 0.916. The molecule has 25 heavy (non-hydrogen) atoms. The summed E-state index contributed by atoms with van der Waals surface area (Å²) in [6.07, 6.45) is 0.412. The molecule has 0 spiro atoms. The highest BCUT2D eigenvalue weighted by Crippen LogP contribution is 2.40. The zero-order valence-corrected chi connectivity index (χ0v) is 14.4. The van der Waals surface area contributed by atoms with E-state index >= 15 is 0 Å². The summed E-state index contributed by atoms with van der Waals surface area (Å²) in [6.45, 7) is 4.74. The molecule has 2 unspecified atom stereocenters. The van der Waals surface area contributed by atoms with Crippen molar-refractivity contribution in [1.82, 2.24) is 25.0 Å². The minimum absolute atomic E-state index is 0.290. The fourth-order valence-electron chi connectivity index (χ4n) is 3.58. The molecule has 130 valence electrons. The number of benzene rings is 1. The van der Waals surface area contributed by atoms with Crippen LogP contribution in [0.4, 0.5) is 10.7 Å². The fourth-order valence-corrected chi connectivity index (χ4v) is 3.58. The lowest BCUT2D eigenvalue weighted by Gasteiger charge is -2.36. The summed E-state index contributed by atoms with van der Waals surface area (Å²) >= 11 is 0. The highest BCUT2D eigenvalue weighted by molar-refractivity contribution is 6.02. The van der Waals surface area contributed by atoms with Gasteiger partial charge in [-0.3, -0.25) is 14.7 Å². The molecule has 2 aromatic rings. The standard InChI is InChI=1S/C17H20N6O2/c1-4-9-22-12-14(24)18-17(25)21(3)15(12)23-13(19-20-16(22)23)11-7-5-10(2)6-8-11/h5-8,12,15H,4,9H2,1-3H3,(H,18,24,25). The van der Waals surface area contributed by atoms with Gasteiger partial charge in [0.1, 0.15) is 6.17 Å². The van der Waals surface area contributed by atoms with Crippen LogP contribution in [0, 0.1) is 6.92 Å². The first-order valence-electron chi connectivity index (χ1n) is 8.39. The molecule has 1 N–H and O–H groups in total. The van der Waals surface area contributed by atoms with Crippen LogP contribution in [-0.2, 0) is 4.79 Å². The Labute approximate surface area is 145 Å². The van der Waals surface area contributed by atoms with Crippen molar-refractivity contribution in [3.05, 3.63) is 29.8 Å². The number of fused-ring (bicyclic) bond motifs is 3. The summed E-state index contributed by atoms with van der Waals surface area (Å²) < 4.78 is 1.90. The van der Waals surface area contributed by atoms with Crippen LogP contribution in [0.25, 0.3) is 11.4 Å². The average Bonchev–Trinajstić information content (AvgIpc) is 3.13. The average molecular weight is 340 g/mol. The minimum Gasteiger partial charge on any atom is -0.325 e. The lowest BCUT2D eigenvalue weighted by atomic mass is 10.1. The second kappa shape index (κ2) is 5.58. The maximum atomic E-state index is 12.5. The first-order valence-corrected chi connectivity index (χ1v) is 8.39. The van der Waals surface area contributed by atoms with Gasteiger partial charge in [0, 0.05) is 19.2 Å². The van der Waals surface area contributed by atoms with Crippen molar-refractivity contribution in [1.29, 1.82) is 0 Å². The molecule has 3 amide bonds. The van der Waals surface area contributed by atoms with Crippen molar-refractivity contribution in [2.45, 2.75) is 32.5 Å². The largest absolute Gasteiger partial charge is 0.325 e. The maximum absolute atomic E-state index is 12.5. The summed E-state index contributed by atoms with van der Waals surface area (Å²) in [5.74, 6) is 1.00. The van der Waals surface area contributed by atoms with E-state index in [2.05, 4.69) is 15.5 Å². The van der Waals surface area contributed by atoms with Crippen LogP contribution in [0.3, 0.4) is 0 Å². The van der Waals surface area contributed by atoms with Gasteiger partial charge in [0.15, 0.2) is 11.9 Å². The Morgan fingerprint density at radius 3 is 2.56 bits per heavy atom. The second-order valence-corrected chi connectivity index (χ2v) is 6.52. The Bertz CT molecular complexity index is 843. The Morgan fingerprint density at radius 2 is 1.88 bits per heavy atom. The molecule has 0 aliphatic carbocycles. The predicted molar refractivity (Wildman–Crippen MR) is 92.0 cm³/mol. The molecule has 8 nitrogen and oxygen atoms in total. The fraction of sp³-hybridized carbons (Fsp3) is 0.412. The SMILES string of the molecule is CCCN1c2nnc(-c3ccc(C)cc3)n2C2C1C(=O)NC(=O)N2C. The number of carbonyl (C=O) groups excluding carboxylic acids is 2. The van der Waals surface area contributed by atoms with Crippen molar-refractivity contribution in [2.75, 3.05) is 18.5 Å². The molecule has 1 aromatic heterocycles. The van der Waals surface area contributed by atoms with Gasteiger partial charge in [-0.2, -0.15) is 0 Å². The van der Waals surface area contributed by atoms with Gasteiger partial charge in [0.2, 0.25) is 5.95 Å². The van der Waals surface area contributed by atoms with E-state index in [-0.39, 0.29) is 5.91 Å². The third-order valence-corrected chi connectivity index (χ3v) is 4.81. The minimum atomic E-state index is -0.489. The van der Waals surface area contributed by atoms with Gasteiger partial charge in [0.05, 0.1) is 0 Å². The molecule has 3 heterocycles. The molecule has 2 aliphatic rings. The summed E-state index contributed by atoms with van der Waals surface area (Å²) in [6, 6.07) is 7.09. The number of aryl methyl sites for hydroxylation is 1. The number of amides is 3. The zero-order chi connectivity index (χ0) is 17.7. The van der Waals surface area contributed by atoms with Gasteiger partial charge in [-0.15, -0.1) is 10.2 Å². The number of rotatable bonds is 3. The monoisotopic (exact) mass is 340 g/mol. The van der Waals surface area contributed by atoms with E-state index in [1.165, 1.54) is 0 Å². The van der Waals surface area contributed by atoms with E-state index in [4.69, 9.17) is 0 Å². The van der Waals surface area contributed by atoms with Gasteiger partial charge in [0.25, 0.3) is 5.91 Å². The second-order valence-electron chi connectivity index (χ2n) is 6.52. The molecule has 1 fully saturated rings. The highest BCUT2D eigenvalue weighted by atomic mass is 16.2. The van der Waals surface area contributed by atoms with Crippen molar-refractivity contribution in [3.8, 4) is 11.4 Å². The number of nitrogens with one attached hydrogen (secondary N) is 1. The van der Waals surface area contributed by atoms with E-state index in [0.29, 0.717) is 18.3 Å². The number of urea groups is 1. The van der Waals surface area contributed by atoms with Crippen LogP contribution in [0.1, 0.15) is 25.1 Å². The molecule has 0 saturated carbocycles. The van der Waals surface area contributed by atoms with Gasteiger partial charge in [-0.25, -0.2) is 4.79 Å². The van der Waals surface area contributed by atoms with Crippen LogP contribution >= 0.6 is 0 Å². The molecule has 1 aromatic carbocycles. The number of hydrogen-bond acceptors (Lipinski definition) is 5. The van der Waals surface area contributed by atoms with E-state index < -0.39 is 18.2 Å². The molecular weight excluding hydrogens is 320 g/mol. The van der Waals surface area contributed by atoms with Crippen molar-refractivity contribution in [3.63, 3.8) is 0 Å². The van der Waals surface area contributed by atoms with Crippen LogP contribution in [0.15, 0.2) is 24.3 Å². The summed E-state index contributed by atoms with van der Waals surface area (Å²) in [7, 11) is 1.69. The molecule has 0 bridgehead atoms. The summed E-state index contributed by atoms with van der Waals surface area (Å²) in [5.41, 5.74) is 2.06. The third kappa shape index (κ3) is 2.20. The smallest absolute Gasteiger partial charge is 0.325 e. The first kappa shape index (κ1) is 15.6. The molecular formula is C17H20N6O2.